The van der Waals surface area contributed by atoms with Crippen LogP contribution in [0.4, 0.5) is 5.69 Å². The fourth-order valence-electron chi connectivity index (χ4n) is 2.31. The number of nitrogens with one attached hydrogen (secondary N) is 2. The summed E-state index contributed by atoms with van der Waals surface area (Å²) in [5, 5.41) is 6.44. The van der Waals surface area contributed by atoms with Gasteiger partial charge in [-0.15, -0.1) is 0 Å². The summed E-state index contributed by atoms with van der Waals surface area (Å²) < 4.78 is 0. The van der Waals surface area contributed by atoms with Gasteiger partial charge in [-0.3, -0.25) is 10.1 Å². The first kappa shape index (κ1) is 13.1. The van der Waals surface area contributed by atoms with Gasteiger partial charge < -0.3 is 5.32 Å². The minimum atomic E-state index is -0.211. The summed E-state index contributed by atoms with van der Waals surface area (Å²) in [6, 6.07) is 4.25. The first-order chi connectivity index (χ1) is 8.41. The summed E-state index contributed by atoms with van der Waals surface area (Å²) in [7, 11) is 0. The second kappa shape index (κ2) is 4.73. The summed E-state index contributed by atoms with van der Waals surface area (Å²) in [6.07, 6.45) is 0. The first-order valence-electron chi connectivity index (χ1n) is 6.58. The van der Waals surface area contributed by atoms with Crippen LogP contribution in [-0.4, -0.2) is 11.9 Å². The molecule has 1 heterocycles. The number of benzene rings is 1. The van der Waals surface area contributed by atoms with Crippen molar-refractivity contribution in [1.82, 2.24) is 5.32 Å². The van der Waals surface area contributed by atoms with Gasteiger partial charge in [-0.1, -0.05) is 26.0 Å². The number of rotatable bonds is 3. The Bertz CT molecular complexity index is 480. The maximum Gasteiger partial charge on any atom is 0.246 e. The lowest BCUT2D eigenvalue weighted by molar-refractivity contribution is -0.117. The van der Waals surface area contributed by atoms with Gasteiger partial charge in [-0.05, 0) is 37.8 Å². The van der Waals surface area contributed by atoms with Crippen LogP contribution in [0.25, 0.3) is 0 Å². The quantitative estimate of drug-likeness (QED) is 0.861. The fourth-order valence-corrected chi connectivity index (χ4v) is 2.31. The highest BCUT2D eigenvalue weighted by molar-refractivity contribution is 6.03. The molecule has 1 amide bonds. The molecule has 1 aliphatic heterocycles. The Labute approximate surface area is 109 Å². The van der Waals surface area contributed by atoms with Gasteiger partial charge in [-0.2, -0.15) is 0 Å². The number of fused-ring (bicyclic) bond motifs is 1. The zero-order chi connectivity index (χ0) is 13.4. The highest BCUT2D eigenvalue weighted by Gasteiger charge is 2.33. The van der Waals surface area contributed by atoms with Crippen molar-refractivity contribution in [3.63, 3.8) is 0 Å². The summed E-state index contributed by atoms with van der Waals surface area (Å²) in [6.45, 7) is 10.5. The number of hydrogen-bond acceptors (Lipinski definition) is 2. The average Bonchev–Trinajstić information content (AvgIpc) is 2.63. The zero-order valence-corrected chi connectivity index (χ0v) is 11.8. The number of carbonyl (C=O) groups excluding carboxylic acids is 1. The second-order valence-electron chi connectivity index (χ2n) is 5.61. The van der Waals surface area contributed by atoms with Crippen molar-refractivity contribution in [1.29, 1.82) is 0 Å². The predicted molar refractivity (Wildman–Crippen MR) is 74.7 cm³/mol. The Morgan fingerprint density at radius 1 is 1.17 bits per heavy atom. The number of anilines is 1. The Kier molecular flexibility index (Phi) is 3.44. The van der Waals surface area contributed by atoms with Gasteiger partial charge in [0, 0.05) is 17.3 Å². The zero-order valence-electron chi connectivity index (χ0n) is 11.8. The molecular weight excluding hydrogens is 224 g/mol. The fraction of sp³-hybridized carbons (Fsp3) is 0.533. The molecule has 0 saturated carbocycles. The van der Waals surface area contributed by atoms with E-state index in [0.29, 0.717) is 12.0 Å². The molecule has 0 spiro atoms. The molecule has 1 aromatic rings. The van der Waals surface area contributed by atoms with Crippen molar-refractivity contribution < 1.29 is 4.79 Å². The number of amides is 1. The molecule has 1 aromatic carbocycles. The Balaban J connectivity index is 2.36. The van der Waals surface area contributed by atoms with Crippen LogP contribution in [0.3, 0.4) is 0 Å². The van der Waals surface area contributed by atoms with E-state index in [9.17, 15) is 4.79 Å². The second-order valence-corrected chi connectivity index (χ2v) is 5.61. The van der Waals surface area contributed by atoms with Crippen molar-refractivity contribution >= 4 is 11.6 Å². The number of carbonyl (C=O) groups is 1. The topological polar surface area (TPSA) is 41.1 Å². The molecule has 0 aromatic heterocycles. The van der Waals surface area contributed by atoms with Gasteiger partial charge in [0.05, 0.1) is 0 Å². The van der Waals surface area contributed by atoms with Gasteiger partial charge in [0.25, 0.3) is 0 Å². The molecule has 18 heavy (non-hydrogen) atoms. The van der Waals surface area contributed by atoms with Crippen molar-refractivity contribution in [2.75, 3.05) is 5.32 Å². The molecule has 2 N–H and O–H groups in total. The van der Waals surface area contributed by atoms with Crippen molar-refractivity contribution in [2.24, 2.45) is 5.92 Å². The van der Waals surface area contributed by atoms with E-state index >= 15 is 0 Å². The van der Waals surface area contributed by atoms with Crippen molar-refractivity contribution in [3.05, 3.63) is 28.8 Å². The smallest absolute Gasteiger partial charge is 0.246 e. The third-order valence-electron chi connectivity index (χ3n) is 3.90. The lowest BCUT2D eigenvalue weighted by Gasteiger charge is -2.22. The molecule has 98 valence electrons. The molecule has 2 atom stereocenters. The van der Waals surface area contributed by atoms with E-state index in [0.717, 1.165) is 16.8 Å². The number of aryl methyl sites for hydroxylation is 2. The Hall–Kier alpha value is -1.35. The summed E-state index contributed by atoms with van der Waals surface area (Å²) >= 11 is 0. The minimum absolute atomic E-state index is 0.0647. The lowest BCUT2D eigenvalue weighted by atomic mass is 9.97. The van der Waals surface area contributed by atoms with Gasteiger partial charge in [0.2, 0.25) is 5.91 Å². The highest BCUT2D eigenvalue weighted by atomic mass is 16.2. The van der Waals surface area contributed by atoms with Crippen LogP contribution in [0.2, 0.25) is 0 Å². The standard InChI is InChI=1S/C15H22N2O/c1-8(2)11(5)16-14-12-9(3)6-7-10(4)13(12)17-15(14)18/h6-8,11,14,16H,1-5H3,(H,17,18). The van der Waals surface area contributed by atoms with Crippen LogP contribution in [0.5, 0.6) is 0 Å². The predicted octanol–water partition coefficient (Wildman–Crippen LogP) is 2.93. The highest BCUT2D eigenvalue weighted by Crippen LogP contribution is 2.36. The maximum absolute atomic E-state index is 12.1. The van der Waals surface area contributed by atoms with Crippen LogP contribution in [0.15, 0.2) is 12.1 Å². The van der Waals surface area contributed by atoms with E-state index in [2.05, 4.69) is 50.5 Å². The van der Waals surface area contributed by atoms with Crippen LogP contribution in [-0.2, 0) is 4.79 Å². The SMILES string of the molecule is Cc1ccc(C)c2c1NC(=O)C2NC(C)C(C)C. The van der Waals surface area contributed by atoms with Gasteiger partial charge >= 0.3 is 0 Å². The van der Waals surface area contributed by atoms with Crippen LogP contribution < -0.4 is 10.6 Å². The first-order valence-corrected chi connectivity index (χ1v) is 6.58. The number of hydrogen-bond donors (Lipinski definition) is 2. The minimum Gasteiger partial charge on any atom is -0.324 e. The molecular formula is C15H22N2O. The molecule has 0 saturated heterocycles. The molecule has 0 radical (unpaired) electrons. The van der Waals surface area contributed by atoms with Gasteiger partial charge in [-0.25, -0.2) is 0 Å². The van der Waals surface area contributed by atoms with Crippen LogP contribution >= 0.6 is 0 Å². The van der Waals surface area contributed by atoms with Gasteiger partial charge in [0.15, 0.2) is 0 Å². The van der Waals surface area contributed by atoms with E-state index in [-0.39, 0.29) is 11.9 Å². The molecule has 0 bridgehead atoms. The Morgan fingerprint density at radius 2 is 1.78 bits per heavy atom. The average molecular weight is 246 g/mol. The monoisotopic (exact) mass is 246 g/mol. The van der Waals surface area contributed by atoms with Crippen LogP contribution in [0, 0.1) is 19.8 Å². The molecule has 2 unspecified atom stereocenters. The molecule has 0 aliphatic carbocycles. The summed E-state index contributed by atoms with van der Waals surface area (Å²) in [4.78, 5) is 12.1. The van der Waals surface area contributed by atoms with E-state index in [4.69, 9.17) is 0 Å². The van der Waals surface area contributed by atoms with Crippen molar-refractivity contribution in [3.8, 4) is 0 Å². The van der Waals surface area contributed by atoms with Gasteiger partial charge in [0.1, 0.15) is 6.04 Å². The molecule has 3 nitrogen and oxygen atoms in total. The molecule has 1 aliphatic rings. The molecule has 2 rings (SSSR count). The Morgan fingerprint density at radius 3 is 2.39 bits per heavy atom. The van der Waals surface area contributed by atoms with E-state index in [1.165, 1.54) is 5.56 Å². The van der Waals surface area contributed by atoms with E-state index in [1.807, 2.05) is 6.92 Å². The van der Waals surface area contributed by atoms with Crippen molar-refractivity contribution in [2.45, 2.75) is 46.7 Å². The maximum atomic E-state index is 12.1. The molecule has 0 fully saturated rings. The summed E-state index contributed by atoms with van der Waals surface area (Å²) in [5.74, 6) is 0.571. The largest absolute Gasteiger partial charge is 0.324 e. The third kappa shape index (κ3) is 2.15. The third-order valence-corrected chi connectivity index (χ3v) is 3.90. The normalized spacial score (nSPS) is 19.9. The summed E-state index contributed by atoms with van der Waals surface area (Å²) in [5.41, 5.74) is 4.41. The molecule has 3 heteroatoms. The van der Waals surface area contributed by atoms with Crippen LogP contribution in [0.1, 0.15) is 43.5 Å². The van der Waals surface area contributed by atoms with E-state index < -0.39 is 0 Å². The van der Waals surface area contributed by atoms with E-state index in [1.54, 1.807) is 0 Å². The lowest BCUT2D eigenvalue weighted by Crippen LogP contribution is -2.37.